The number of carboxylic acids is 1. The van der Waals surface area contributed by atoms with Crippen molar-refractivity contribution in [2.24, 2.45) is 0 Å². The van der Waals surface area contributed by atoms with Crippen molar-refractivity contribution in [1.82, 2.24) is 4.72 Å². The molecule has 0 aliphatic carbocycles. The number of hydrogen-bond acceptors (Lipinski definition) is 5. The zero-order valence-electron chi connectivity index (χ0n) is 10.2. The van der Waals surface area contributed by atoms with Crippen LogP contribution in [-0.4, -0.2) is 33.6 Å². The molecule has 1 aliphatic rings. The first-order valence-electron chi connectivity index (χ1n) is 5.92. The molecule has 104 valence electrons. The van der Waals surface area contributed by atoms with E-state index in [0.717, 1.165) is 18.9 Å². The van der Waals surface area contributed by atoms with Crippen LogP contribution >= 0.6 is 0 Å². The van der Waals surface area contributed by atoms with Crippen LogP contribution in [0, 0.1) is 0 Å². The lowest BCUT2D eigenvalue weighted by molar-refractivity contribution is -0.255. The minimum absolute atomic E-state index is 0.0906. The van der Waals surface area contributed by atoms with Gasteiger partial charge in [-0.1, -0.05) is 12.1 Å². The van der Waals surface area contributed by atoms with Gasteiger partial charge in [-0.05, 0) is 30.5 Å². The van der Waals surface area contributed by atoms with Gasteiger partial charge in [-0.3, -0.25) is 0 Å². The van der Waals surface area contributed by atoms with Crippen LogP contribution in [0.3, 0.4) is 0 Å². The van der Waals surface area contributed by atoms with Gasteiger partial charge in [0.2, 0.25) is 10.0 Å². The van der Waals surface area contributed by atoms with E-state index >= 15 is 0 Å². The van der Waals surface area contributed by atoms with Crippen molar-refractivity contribution in [3.8, 4) is 0 Å². The maximum absolute atomic E-state index is 12.0. The molecule has 1 aliphatic heterocycles. The van der Waals surface area contributed by atoms with Gasteiger partial charge in [0, 0.05) is 13.2 Å². The van der Waals surface area contributed by atoms with Gasteiger partial charge < -0.3 is 14.6 Å². The summed E-state index contributed by atoms with van der Waals surface area (Å²) in [6, 6.07) is 5.07. The van der Waals surface area contributed by atoms with Crippen molar-refractivity contribution in [2.75, 3.05) is 13.2 Å². The number of carboxylic acid groups (broad SMARTS) is 1. The molecule has 1 atom stereocenters. The second-order valence-corrected chi connectivity index (χ2v) is 6.07. The number of sulfonamides is 1. The van der Waals surface area contributed by atoms with Gasteiger partial charge in [0.15, 0.2) is 0 Å². The third-order valence-electron chi connectivity index (χ3n) is 2.91. The molecule has 0 saturated carbocycles. The third-order valence-corrected chi connectivity index (χ3v) is 4.33. The third kappa shape index (κ3) is 3.52. The van der Waals surface area contributed by atoms with Gasteiger partial charge in [0.25, 0.3) is 0 Å². The molecule has 1 aromatic carbocycles. The molecule has 1 N–H and O–H groups in total. The molecule has 7 heteroatoms. The number of rotatable bonds is 5. The Bertz CT molecular complexity index is 563. The first-order chi connectivity index (χ1) is 8.99. The monoisotopic (exact) mass is 284 g/mol. The number of hydrogen-bond donors (Lipinski definition) is 1. The van der Waals surface area contributed by atoms with Crippen LogP contribution in [0.4, 0.5) is 0 Å². The highest BCUT2D eigenvalue weighted by molar-refractivity contribution is 7.89. The highest BCUT2D eigenvalue weighted by atomic mass is 32.2. The van der Waals surface area contributed by atoms with Gasteiger partial charge in [0.05, 0.1) is 17.0 Å². The summed E-state index contributed by atoms with van der Waals surface area (Å²) in [4.78, 5) is 10.6. The Morgan fingerprint density at radius 3 is 2.89 bits per heavy atom. The molecular formula is C12H14NO5S-. The van der Waals surface area contributed by atoms with E-state index in [-0.39, 0.29) is 23.1 Å². The summed E-state index contributed by atoms with van der Waals surface area (Å²) in [6.07, 6.45) is 1.63. The minimum atomic E-state index is -3.72. The number of carbonyl (C=O) groups is 1. The van der Waals surface area contributed by atoms with E-state index in [4.69, 9.17) is 4.74 Å². The Labute approximate surface area is 111 Å². The number of benzene rings is 1. The topological polar surface area (TPSA) is 95.5 Å². The molecule has 1 heterocycles. The predicted molar refractivity (Wildman–Crippen MR) is 64.9 cm³/mol. The van der Waals surface area contributed by atoms with Crippen molar-refractivity contribution in [1.29, 1.82) is 0 Å². The van der Waals surface area contributed by atoms with Gasteiger partial charge >= 0.3 is 0 Å². The SMILES string of the molecule is O=C([O-])c1cccc(S(=O)(=O)NC[C@@H]2CCCO2)c1. The smallest absolute Gasteiger partial charge is 0.240 e. The van der Waals surface area contributed by atoms with Gasteiger partial charge in [-0.2, -0.15) is 0 Å². The molecule has 1 aromatic rings. The molecule has 0 amide bonds. The fourth-order valence-corrected chi connectivity index (χ4v) is 2.99. The van der Waals surface area contributed by atoms with E-state index in [9.17, 15) is 18.3 Å². The molecule has 6 nitrogen and oxygen atoms in total. The fourth-order valence-electron chi connectivity index (χ4n) is 1.88. The van der Waals surface area contributed by atoms with Crippen LogP contribution in [0.15, 0.2) is 29.2 Å². The Balaban J connectivity index is 2.09. The highest BCUT2D eigenvalue weighted by Crippen LogP contribution is 2.14. The Hall–Kier alpha value is -1.44. The van der Waals surface area contributed by atoms with E-state index < -0.39 is 16.0 Å². The maximum Gasteiger partial charge on any atom is 0.240 e. The highest BCUT2D eigenvalue weighted by Gasteiger charge is 2.20. The average molecular weight is 284 g/mol. The molecular weight excluding hydrogens is 270 g/mol. The molecule has 19 heavy (non-hydrogen) atoms. The van der Waals surface area contributed by atoms with Crippen molar-refractivity contribution >= 4 is 16.0 Å². The van der Waals surface area contributed by atoms with Crippen molar-refractivity contribution < 1.29 is 23.1 Å². The van der Waals surface area contributed by atoms with Crippen LogP contribution < -0.4 is 9.83 Å². The summed E-state index contributed by atoms with van der Waals surface area (Å²) in [6.45, 7) is 0.838. The summed E-state index contributed by atoms with van der Waals surface area (Å²) in [5.41, 5.74) is -0.167. The summed E-state index contributed by atoms with van der Waals surface area (Å²) in [5, 5.41) is 10.7. The van der Waals surface area contributed by atoms with Crippen LogP contribution in [0.5, 0.6) is 0 Å². The Kier molecular flexibility index (Phi) is 4.18. The van der Waals surface area contributed by atoms with E-state index in [2.05, 4.69) is 4.72 Å². The maximum atomic E-state index is 12.0. The predicted octanol–water partition coefficient (Wildman–Crippen LogP) is -0.493. The number of carbonyl (C=O) groups excluding carboxylic acids is 1. The molecule has 0 unspecified atom stereocenters. The lowest BCUT2D eigenvalue weighted by Crippen LogP contribution is -2.32. The van der Waals surface area contributed by atoms with Crippen molar-refractivity contribution in [3.63, 3.8) is 0 Å². The van der Waals surface area contributed by atoms with E-state index in [1.807, 2.05) is 0 Å². The number of ether oxygens (including phenoxy) is 1. The van der Waals surface area contributed by atoms with Crippen molar-refractivity contribution in [3.05, 3.63) is 29.8 Å². The Morgan fingerprint density at radius 2 is 2.26 bits per heavy atom. The first-order valence-corrected chi connectivity index (χ1v) is 7.40. The molecule has 1 fully saturated rings. The minimum Gasteiger partial charge on any atom is -0.545 e. The largest absolute Gasteiger partial charge is 0.545 e. The van der Waals surface area contributed by atoms with Crippen molar-refractivity contribution in [2.45, 2.75) is 23.8 Å². The lowest BCUT2D eigenvalue weighted by Gasteiger charge is -2.12. The van der Waals surface area contributed by atoms with Gasteiger partial charge in [0.1, 0.15) is 0 Å². The van der Waals surface area contributed by atoms with Gasteiger partial charge in [-0.25, -0.2) is 13.1 Å². The van der Waals surface area contributed by atoms with Crippen LogP contribution in [-0.2, 0) is 14.8 Å². The average Bonchev–Trinajstić information content (AvgIpc) is 2.90. The second kappa shape index (κ2) is 5.68. The quantitative estimate of drug-likeness (QED) is 0.787. The summed E-state index contributed by atoms with van der Waals surface area (Å²) in [7, 11) is -3.72. The normalized spacial score (nSPS) is 19.5. The Morgan fingerprint density at radius 1 is 1.47 bits per heavy atom. The standard InChI is InChI=1S/C12H15NO5S/c14-12(15)9-3-1-5-11(7-9)19(16,17)13-8-10-4-2-6-18-10/h1,3,5,7,10,13H,2,4,6,8H2,(H,14,15)/p-1/t10-/m0/s1. The molecule has 0 spiro atoms. The van der Waals surface area contributed by atoms with E-state index in [1.54, 1.807) is 0 Å². The fraction of sp³-hybridized carbons (Fsp3) is 0.417. The molecule has 0 aromatic heterocycles. The van der Waals surface area contributed by atoms with Gasteiger partial charge in [-0.15, -0.1) is 0 Å². The van der Waals surface area contributed by atoms with E-state index in [0.29, 0.717) is 6.61 Å². The summed E-state index contributed by atoms with van der Waals surface area (Å²) < 4.78 is 31.7. The van der Waals surface area contributed by atoms with Crippen LogP contribution in [0.1, 0.15) is 23.2 Å². The second-order valence-electron chi connectivity index (χ2n) is 4.30. The van der Waals surface area contributed by atoms with Crippen LogP contribution in [0.25, 0.3) is 0 Å². The first kappa shape index (κ1) is 14.0. The summed E-state index contributed by atoms with van der Waals surface area (Å²) in [5.74, 6) is -1.41. The molecule has 1 saturated heterocycles. The number of nitrogens with one attached hydrogen (secondary N) is 1. The molecule has 0 radical (unpaired) electrons. The zero-order chi connectivity index (χ0) is 13.9. The molecule has 0 bridgehead atoms. The van der Waals surface area contributed by atoms with Crippen LogP contribution in [0.2, 0.25) is 0 Å². The van der Waals surface area contributed by atoms with E-state index in [1.165, 1.54) is 18.2 Å². The lowest BCUT2D eigenvalue weighted by atomic mass is 10.2. The molecule has 2 rings (SSSR count). The summed E-state index contributed by atoms with van der Waals surface area (Å²) >= 11 is 0. The zero-order valence-corrected chi connectivity index (χ0v) is 11.0. The number of aromatic carboxylic acids is 1.